The fourth-order valence-electron chi connectivity index (χ4n) is 0.987. The molecular formula is C11H16ClN3O. The molecule has 1 N–H and O–H groups in total. The lowest BCUT2D eigenvalue weighted by Crippen LogP contribution is -2.34. The van der Waals surface area contributed by atoms with Gasteiger partial charge in [0.15, 0.2) is 0 Å². The van der Waals surface area contributed by atoms with Crippen molar-refractivity contribution in [2.75, 3.05) is 6.54 Å². The Morgan fingerprint density at radius 1 is 1.50 bits per heavy atom. The molecule has 0 atom stereocenters. The van der Waals surface area contributed by atoms with Gasteiger partial charge in [0.05, 0.1) is 12.4 Å². The maximum atomic E-state index is 11.7. The lowest BCUT2D eigenvalue weighted by atomic mass is 9.90. The van der Waals surface area contributed by atoms with E-state index in [4.69, 9.17) is 11.6 Å². The quantitative estimate of drug-likeness (QED) is 0.880. The molecule has 0 spiro atoms. The van der Waals surface area contributed by atoms with Crippen LogP contribution in [0.25, 0.3) is 0 Å². The Labute approximate surface area is 100 Å². The van der Waals surface area contributed by atoms with Crippen LogP contribution in [0.15, 0.2) is 12.4 Å². The van der Waals surface area contributed by atoms with E-state index in [0.717, 1.165) is 6.42 Å². The smallest absolute Gasteiger partial charge is 0.271 e. The molecule has 0 saturated heterocycles. The summed E-state index contributed by atoms with van der Waals surface area (Å²) in [4.78, 5) is 19.4. The molecule has 1 heterocycles. The van der Waals surface area contributed by atoms with E-state index >= 15 is 0 Å². The maximum Gasteiger partial charge on any atom is 0.271 e. The first-order valence-corrected chi connectivity index (χ1v) is 5.58. The number of amides is 1. The third-order valence-electron chi connectivity index (χ3n) is 2.52. The van der Waals surface area contributed by atoms with Gasteiger partial charge in [0.25, 0.3) is 5.91 Å². The monoisotopic (exact) mass is 241 g/mol. The highest BCUT2D eigenvalue weighted by atomic mass is 35.5. The number of hydrogen-bond donors (Lipinski definition) is 1. The largest absolute Gasteiger partial charge is 0.350 e. The van der Waals surface area contributed by atoms with E-state index in [2.05, 4.69) is 36.1 Å². The van der Waals surface area contributed by atoms with Crippen LogP contribution in [0.1, 0.15) is 37.7 Å². The van der Waals surface area contributed by atoms with Crippen LogP contribution in [0, 0.1) is 5.41 Å². The van der Waals surface area contributed by atoms with Crippen molar-refractivity contribution in [3.8, 4) is 0 Å². The Kier molecular flexibility index (Phi) is 4.24. The lowest BCUT2D eigenvalue weighted by molar-refractivity contribution is 0.0930. The second kappa shape index (κ2) is 5.25. The summed E-state index contributed by atoms with van der Waals surface area (Å²) >= 11 is 5.65. The fraction of sp³-hybridized carbons (Fsp3) is 0.545. The van der Waals surface area contributed by atoms with Crippen molar-refractivity contribution >= 4 is 17.5 Å². The molecule has 1 aromatic heterocycles. The van der Waals surface area contributed by atoms with Crippen LogP contribution in [0.5, 0.6) is 0 Å². The standard InChI is InChI=1S/C11H16ClN3O/c1-4-11(2,3)7-14-10(16)8-5-13-6-9(12)15-8/h5-6H,4,7H2,1-3H3,(H,14,16). The highest BCUT2D eigenvalue weighted by Gasteiger charge is 2.17. The van der Waals surface area contributed by atoms with E-state index in [0.29, 0.717) is 6.54 Å². The zero-order valence-electron chi connectivity index (χ0n) is 9.75. The third-order valence-corrected chi connectivity index (χ3v) is 2.70. The predicted molar refractivity (Wildman–Crippen MR) is 63.4 cm³/mol. The van der Waals surface area contributed by atoms with Crippen molar-refractivity contribution in [1.29, 1.82) is 0 Å². The van der Waals surface area contributed by atoms with Crippen LogP contribution in [-0.2, 0) is 0 Å². The normalized spacial score (nSPS) is 11.2. The summed E-state index contributed by atoms with van der Waals surface area (Å²) in [6.45, 7) is 6.88. The molecule has 0 bridgehead atoms. The Bertz CT molecular complexity index is 379. The van der Waals surface area contributed by atoms with Crippen LogP contribution < -0.4 is 5.32 Å². The predicted octanol–water partition coefficient (Wildman–Crippen LogP) is 2.30. The number of rotatable bonds is 4. The highest BCUT2D eigenvalue weighted by molar-refractivity contribution is 6.29. The summed E-state index contributed by atoms with van der Waals surface area (Å²) in [6, 6.07) is 0. The van der Waals surface area contributed by atoms with Crippen molar-refractivity contribution in [3.05, 3.63) is 23.2 Å². The minimum atomic E-state index is -0.239. The van der Waals surface area contributed by atoms with Crippen LogP contribution in [0.4, 0.5) is 0 Å². The van der Waals surface area contributed by atoms with Gasteiger partial charge < -0.3 is 5.32 Å². The Hall–Kier alpha value is -1.16. The fourth-order valence-corrected chi connectivity index (χ4v) is 1.13. The summed E-state index contributed by atoms with van der Waals surface area (Å²) in [5.41, 5.74) is 0.334. The highest BCUT2D eigenvalue weighted by Crippen LogP contribution is 2.17. The number of hydrogen-bond acceptors (Lipinski definition) is 3. The SMILES string of the molecule is CCC(C)(C)CNC(=O)c1cncc(Cl)n1. The van der Waals surface area contributed by atoms with Crippen LogP contribution in [-0.4, -0.2) is 22.4 Å². The van der Waals surface area contributed by atoms with Crippen LogP contribution in [0.3, 0.4) is 0 Å². The van der Waals surface area contributed by atoms with Crippen molar-refractivity contribution in [1.82, 2.24) is 15.3 Å². The zero-order valence-corrected chi connectivity index (χ0v) is 10.5. The van der Waals surface area contributed by atoms with E-state index in [1.807, 2.05) is 0 Å². The molecule has 4 nitrogen and oxygen atoms in total. The average Bonchev–Trinajstić information content (AvgIpc) is 2.26. The van der Waals surface area contributed by atoms with Crippen molar-refractivity contribution < 1.29 is 4.79 Å². The van der Waals surface area contributed by atoms with E-state index in [9.17, 15) is 4.79 Å². The maximum absolute atomic E-state index is 11.7. The first-order chi connectivity index (χ1) is 7.44. The molecule has 0 fully saturated rings. The summed E-state index contributed by atoms with van der Waals surface area (Å²) in [7, 11) is 0. The van der Waals surface area contributed by atoms with Gasteiger partial charge in [0.1, 0.15) is 10.8 Å². The molecule has 0 unspecified atom stereocenters. The second-order valence-corrected chi connectivity index (χ2v) is 4.81. The minimum absolute atomic E-state index is 0.0850. The van der Waals surface area contributed by atoms with Gasteiger partial charge in [-0.2, -0.15) is 0 Å². The summed E-state index contributed by atoms with van der Waals surface area (Å²) < 4.78 is 0. The molecule has 0 saturated carbocycles. The van der Waals surface area contributed by atoms with Gasteiger partial charge in [-0.15, -0.1) is 0 Å². The van der Waals surface area contributed by atoms with Gasteiger partial charge in [-0.25, -0.2) is 4.98 Å². The van der Waals surface area contributed by atoms with Crippen LogP contribution in [0.2, 0.25) is 5.15 Å². The number of nitrogens with zero attached hydrogens (tertiary/aromatic N) is 2. The molecule has 0 radical (unpaired) electrons. The van der Waals surface area contributed by atoms with E-state index in [1.165, 1.54) is 12.4 Å². The molecule has 1 rings (SSSR count). The van der Waals surface area contributed by atoms with Crippen LogP contribution >= 0.6 is 11.6 Å². The zero-order chi connectivity index (χ0) is 12.2. The van der Waals surface area contributed by atoms with Gasteiger partial charge >= 0.3 is 0 Å². The summed E-state index contributed by atoms with van der Waals surface area (Å²) in [5, 5.41) is 3.04. The first-order valence-electron chi connectivity index (χ1n) is 5.20. The number of nitrogens with one attached hydrogen (secondary N) is 1. The van der Waals surface area contributed by atoms with Gasteiger partial charge in [0.2, 0.25) is 0 Å². The number of halogens is 1. The van der Waals surface area contributed by atoms with Crippen molar-refractivity contribution in [2.45, 2.75) is 27.2 Å². The van der Waals surface area contributed by atoms with Crippen molar-refractivity contribution in [2.24, 2.45) is 5.41 Å². The molecule has 0 aromatic carbocycles. The Morgan fingerprint density at radius 2 is 2.19 bits per heavy atom. The average molecular weight is 242 g/mol. The molecular weight excluding hydrogens is 226 g/mol. The minimum Gasteiger partial charge on any atom is -0.350 e. The second-order valence-electron chi connectivity index (χ2n) is 4.43. The Balaban J connectivity index is 2.60. The van der Waals surface area contributed by atoms with Gasteiger partial charge in [-0.05, 0) is 11.8 Å². The molecule has 16 heavy (non-hydrogen) atoms. The van der Waals surface area contributed by atoms with E-state index < -0.39 is 0 Å². The number of carbonyl (C=O) groups excluding carboxylic acids is 1. The lowest BCUT2D eigenvalue weighted by Gasteiger charge is -2.22. The van der Waals surface area contributed by atoms with E-state index in [-0.39, 0.29) is 22.2 Å². The molecule has 88 valence electrons. The van der Waals surface area contributed by atoms with Gasteiger partial charge in [-0.1, -0.05) is 32.4 Å². The van der Waals surface area contributed by atoms with Gasteiger partial charge in [0, 0.05) is 6.54 Å². The summed E-state index contributed by atoms with van der Waals surface area (Å²) in [6.07, 6.45) is 3.79. The molecule has 5 heteroatoms. The Morgan fingerprint density at radius 3 is 2.75 bits per heavy atom. The first kappa shape index (κ1) is 12.9. The third kappa shape index (κ3) is 3.77. The van der Waals surface area contributed by atoms with E-state index in [1.54, 1.807) is 0 Å². The molecule has 1 amide bonds. The molecule has 0 aliphatic rings. The number of aromatic nitrogens is 2. The molecule has 0 aliphatic carbocycles. The van der Waals surface area contributed by atoms with Gasteiger partial charge in [-0.3, -0.25) is 9.78 Å². The number of carbonyl (C=O) groups is 1. The summed E-state index contributed by atoms with van der Waals surface area (Å²) in [5.74, 6) is -0.239. The molecule has 0 aliphatic heterocycles. The molecule has 1 aromatic rings. The van der Waals surface area contributed by atoms with Crippen molar-refractivity contribution in [3.63, 3.8) is 0 Å². The topological polar surface area (TPSA) is 54.9 Å².